The van der Waals surface area contributed by atoms with E-state index in [4.69, 9.17) is 10.4 Å². The second kappa shape index (κ2) is 9.11. The molecule has 1 rings (SSSR count). The van der Waals surface area contributed by atoms with Crippen LogP contribution in [0, 0.1) is 11.3 Å². The van der Waals surface area contributed by atoms with Crippen LogP contribution >= 0.6 is 0 Å². The summed E-state index contributed by atoms with van der Waals surface area (Å²) in [6.45, 7) is 5.71. The highest BCUT2D eigenvalue weighted by Crippen LogP contribution is 2.14. The average Bonchev–Trinajstić information content (AvgIpc) is 2.47. The number of nitriles is 1. The molecular formula is C16H23N3O2. The first kappa shape index (κ1) is 17.2. The van der Waals surface area contributed by atoms with E-state index >= 15 is 0 Å². The van der Waals surface area contributed by atoms with Gasteiger partial charge in [-0.1, -0.05) is 12.1 Å². The summed E-state index contributed by atoms with van der Waals surface area (Å²) in [4.78, 5) is 14.1. The Bertz CT molecular complexity index is 495. The molecule has 0 saturated carbocycles. The Morgan fingerprint density at radius 2 is 2.10 bits per heavy atom. The molecule has 1 aromatic carbocycles. The van der Waals surface area contributed by atoms with Crippen LogP contribution in [0.5, 0.6) is 0 Å². The Morgan fingerprint density at radius 1 is 1.38 bits per heavy atom. The molecular weight excluding hydrogens is 266 g/mol. The third-order valence-corrected chi connectivity index (χ3v) is 3.28. The molecule has 0 aromatic heterocycles. The summed E-state index contributed by atoms with van der Waals surface area (Å²) < 4.78 is 0. The van der Waals surface area contributed by atoms with Crippen LogP contribution in [-0.4, -0.2) is 41.7 Å². The molecule has 0 saturated heterocycles. The number of aliphatic hydroxyl groups is 1. The van der Waals surface area contributed by atoms with E-state index in [1.165, 1.54) is 0 Å². The van der Waals surface area contributed by atoms with Crippen molar-refractivity contribution in [3.8, 4) is 6.07 Å². The molecule has 0 fully saturated rings. The highest BCUT2D eigenvalue weighted by Gasteiger charge is 2.12. The van der Waals surface area contributed by atoms with E-state index in [-0.39, 0.29) is 12.5 Å². The SMILES string of the molecule is CC(C)N(CCCO)CCC(=O)Nc1ccccc1C#N. The van der Waals surface area contributed by atoms with Crippen molar-refractivity contribution in [1.82, 2.24) is 4.90 Å². The summed E-state index contributed by atoms with van der Waals surface area (Å²) in [6, 6.07) is 9.35. The molecule has 2 N–H and O–H groups in total. The van der Waals surface area contributed by atoms with Crippen LogP contribution < -0.4 is 5.32 Å². The van der Waals surface area contributed by atoms with Crippen molar-refractivity contribution in [2.75, 3.05) is 25.0 Å². The van der Waals surface area contributed by atoms with Crippen LogP contribution in [0.3, 0.4) is 0 Å². The molecule has 0 radical (unpaired) electrons. The van der Waals surface area contributed by atoms with Crippen molar-refractivity contribution >= 4 is 11.6 Å². The maximum Gasteiger partial charge on any atom is 0.225 e. The van der Waals surface area contributed by atoms with Gasteiger partial charge in [0, 0.05) is 32.2 Å². The zero-order valence-corrected chi connectivity index (χ0v) is 12.7. The highest BCUT2D eigenvalue weighted by molar-refractivity contribution is 5.92. The number of hydrogen-bond acceptors (Lipinski definition) is 4. The third-order valence-electron chi connectivity index (χ3n) is 3.28. The van der Waals surface area contributed by atoms with Gasteiger partial charge in [0.1, 0.15) is 6.07 Å². The van der Waals surface area contributed by atoms with E-state index in [1.807, 2.05) is 0 Å². The fourth-order valence-electron chi connectivity index (χ4n) is 2.05. The van der Waals surface area contributed by atoms with E-state index in [0.717, 1.165) is 6.54 Å². The van der Waals surface area contributed by atoms with E-state index in [2.05, 4.69) is 30.1 Å². The molecule has 0 heterocycles. The first-order chi connectivity index (χ1) is 10.1. The number of benzene rings is 1. The van der Waals surface area contributed by atoms with E-state index in [1.54, 1.807) is 24.3 Å². The first-order valence-electron chi connectivity index (χ1n) is 7.22. The number of para-hydroxylation sites is 1. The third kappa shape index (κ3) is 5.94. The van der Waals surface area contributed by atoms with Crippen LogP contribution in [0.25, 0.3) is 0 Å². The number of carbonyl (C=O) groups excluding carboxylic acids is 1. The Hall–Kier alpha value is -1.90. The van der Waals surface area contributed by atoms with E-state index in [9.17, 15) is 4.79 Å². The van der Waals surface area contributed by atoms with E-state index in [0.29, 0.717) is 36.7 Å². The topological polar surface area (TPSA) is 76.4 Å². The van der Waals surface area contributed by atoms with Crippen molar-refractivity contribution in [3.63, 3.8) is 0 Å². The summed E-state index contributed by atoms with van der Waals surface area (Å²) >= 11 is 0. The number of anilines is 1. The zero-order valence-electron chi connectivity index (χ0n) is 12.7. The van der Waals surface area contributed by atoms with Crippen LogP contribution in [0.1, 0.15) is 32.3 Å². The molecule has 21 heavy (non-hydrogen) atoms. The van der Waals surface area contributed by atoms with E-state index < -0.39 is 0 Å². The molecule has 0 aliphatic rings. The molecule has 1 aromatic rings. The second-order valence-electron chi connectivity index (χ2n) is 5.16. The van der Waals surface area contributed by atoms with Crippen LogP contribution in [0.2, 0.25) is 0 Å². The van der Waals surface area contributed by atoms with Gasteiger partial charge in [-0.2, -0.15) is 5.26 Å². The number of hydrogen-bond donors (Lipinski definition) is 2. The Balaban J connectivity index is 2.51. The van der Waals surface area contributed by atoms with Gasteiger partial charge in [0.2, 0.25) is 5.91 Å². The Labute approximate surface area is 126 Å². The number of nitrogens with one attached hydrogen (secondary N) is 1. The maximum absolute atomic E-state index is 12.0. The summed E-state index contributed by atoms with van der Waals surface area (Å²) in [7, 11) is 0. The van der Waals surface area contributed by atoms with Gasteiger partial charge in [0.05, 0.1) is 11.3 Å². The minimum Gasteiger partial charge on any atom is -0.396 e. The van der Waals surface area contributed by atoms with Gasteiger partial charge in [-0.3, -0.25) is 4.79 Å². The van der Waals surface area contributed by atoms with Crippen LogP contribution in [0.4, 0.5) is 5.69 Å². The summed E-state index contributed by atoms with van der Waals surface area (Å²) in [5.74, 6) is -0.104. The monoisotopic (exact) mass is 289 g/mol. The summed E-state index contributed by atoms with van der Waals surface area (Å²) in [5, 5.41) is 20.7. The van der Waals surface area contributed by atoms with Gasteiger partial charge >= 0.3 is 0 Å². The summed E-state index contributed by atoms with van der Waals surface area (Å²) in [6.07, 6.45) is 1.07. The Morgan fingerprint density at radius 3 is 2.71 bits per heavy atom. The number of rotatable bonds is 8. The van der Waals surface area contributed by atoms with Gasteiger partial charge in [-0.15, -0.1) is 0 Å². The van der Waals surface area contributed by atoms with Crippen molar-refractivity contribution in [2.45, 2.75) is 32.7 Å². The van der Waals surface area contributed by atoms with Crippen molar-refractivity contribution < 1.29 is 9.90 Å². The highest BCUT2D eigenvalue weighted by atomic mass is 16.3. The quantitative estimate of drug-likeness (QED) is 0.767. The fourth-order valence-corrected chi connectivity index (χ4v) is 2.05. The standard InChI is InChI=1S/C16H23N3O2/c1-13(2)19(9-5-11-20)10-8-16(21)18-15-7-4-3-6-14(15)12-17/h3-4,6-7,13,20H,5,8-11H2,1-2H3,(H,18,21). The lowest BCUT2D eigenvalue weighted by atomic mass is 10.2. The van der Waals surface area contributed by atoms with Crippen LogP contribution in [0.15, 0.2) is 24.3 Å². The first-order valence-corrected chi connectivity index (χ1v) is 7.22. The molecule has 0 aliphatic carbocycles. The molecule has 5 nitrogen and oxygen atoms in total. The normalized spacial score (nSPS) is 10.7. The van der Waals surface area contributed by atoms with Gasteiger partial charge in [0.25, 0.3) is 0 Å². The number of nitrogens with zero attached hydrogens (tertiary/aromatic N) is 2. The predicted octanol–water partition coefficient (Wildman–Crippen LogP) is 1.98. The maximum atomic E-state index is 12.0. The molecule has 0 aliphatic heterocycles. The Kier molecular flexibility index (Phi) is 7.44. The molecule has 0 unspecified atom stereocenters. The van der Waals surface area contributed by atoms with Gasteiger partial charge in [-0.25, -0.2) is 0 Å². The molecule has 114 valence electrons. The fraction of sp³-hybridized carbons (Fsp3) is 0.500. The van der Waals surface area contributed by atoms with Gasteiger partial charge in [0.15, 0.2) is 0 Å². The van der Waals surface area contributed by atoms with Gasteiger partial charge < -0.3 is 15.3 Å². The lowest BCUT2D eigenvalue weighted by molar-refractivity contribution is -0.116. The lowest BCUT2D eigenvalue weighted by Gasteiger charge is -2.25. The van der Waals surface area contributed by atoms with Gasteiger partial charge in [-0.05, 0) is 32.4 Å². The molecule has 0 bridgehead atoms. The number of carbonyl (C=O) groups is 1. The summed E-state index contributed by atoms with van der Waals surface area (Å²) in [5.41, 5.74) is 1.02. The van der Waals surface area contributed by atoms with Crippen LogP contribution in [-0.2, 0) is 4.79 Å². The second-order valence-corrected chi connectivity index (χ2v) is 5.16. The average molecular weight is 289 g/mol. The molecule has 0 atom stereocenters. The zero-order chi connectivity index (χ0) is 15.7. The van der Waals surface area contributed by atoms with Crippen molar-refractivity contribution in [1.29, 1.82) is 5.26 Å². The molecule has 5 heteroatoms. The number of amides is 1. The largest absolute Gasteiger partial charge is 0.396 e. The predicted molar refractivity (Wildman–Crippen MR) is 82.8 cm³/mol. The molecule has 1 amide bonds. The number of aliphatic hydroxyl groups excluding tert-OH is 1. The van der Waals surface area contributed by atoms with Crippen molar-refractivity contribution in [2.24, 2.45) is 0 Å². The molecule has 0 spiro atoms. The minimum atomic E-state index is -0.104. The van der Waals surface area contributed by atoms with Crippen molar-refractivity contribution in [3.05, 3.63) is 29.8 Å². The smallest absolute Gasteiger partial charge is 0.225 e. The lowest BCUT2D eigenvalue weighted by Crippen LogP contribution is -2.35. The minimum absolute atomic E-state index is 0.104.